The van der Waals surface area contributed by atoms with Crippen molar-refractivity contribution in [2.75, 3.05) is 7.11 Å². The molecular weight excluding hydrogens is 292 g/mol. The highest BCUT2D eigenvalue weighted by atomic mass is 16.5. The van der Waals surface area contributed by atoms with Gasteiger partial charge in [0.25, 0.3) is 0 Å². The zero-order valence-electron chi connectivity index (χ0n) is 14.6. The summed E-state index contributed by atoms with van der Waals surface area (Å²) in [6.07, 6.45) is 14.9. The van der Waals surface area contributed by atoms with Crippen LogP contribution in [0.4, 0.5) is 0 Å². The Morgan fingerprint density at radius 1 is 1.00 bits per heavy atom. The third kappa shape index (κ3) is 13.9. The number of esters is 1. The lowest BCUT2D eigenvalue weighted by Gasteiger charge is -2.08. The van der Waals surface area contributed by atoms with Crippen LogP contribution in [0.5, 0.6) is 0 Å². The summed E-state index contributed by atoms with van der Waals surface area (Å²) in [5.41, 5.74) is 0. The van der Waals surface area contributed by atoms with Gasteiger partial charge in [-0.15, -0.1) is 0 Å². The van der Waals surface area contributed by atoms with Crippen molar-refractivity contribution >= 4 is 11.8 Å². The van der Waals surface area contributed by atoms with Crippen LogP contribution < -0.4 is 0 Å². The first-order valence-electron chi connectivity index (χ1n) is 8.69. The molecule has 132 valence electrons. The van der Waals surface area contributed by atoms with Crippen molar-refractivity contribution in [2.45, 2.75) is 77.2 Å². The molecule has 1 atom stereocenters. The molecule has 0 fully saturated rings. The van der Waals surface area contributed by atoms with Crippen molar-refractivity contribution in [1.29, 1.82) is 0 Å². The van der Waals surface area contributed by atoms with Gasteiger partial charge < -0.3 is 9.84 Å². The van der Waals surface area contributed by atoms with Gasteiger partial charge in [0.2, 0.25) is 0 Å². The number of hydrogen-bond donors (Lipinski definition) is 1. The maximum absolute atomic E-state index is 11.7. The summed E-state index contributed by atoms with van der Waals surface area (Å²) in [5.74, 6) is -0.268. The Morgan fingerprint density at radius 2 is 1.65 bits per heavy atom. The Morgan fingerprint density at radius 3 is 2.35 bits per heavy atom. The van der Waals surface area contributed by atoms with Gasteiger partial charge in [0.05, 0.1) is 7.11 Å². The molecule has 4 heteroatoms. The fraction of sp³-hybridized carbons (Fsp3) is 0.684. The van der Waals surface area contributed by atoms with Crippen molar-refractivity contribution in [3.8, 4) is 0 Å². The van der Waals surface area contributed by atoms with Crippen molar-refractivity contribution in [1.82, 2.24) is 0 Å². The highest BCUT2D eigenvalue weighted by Crippen LogP contribution is 2.10. The maximum atomic E-state index is 11.7. The lowest BCUT2D eigenvalue weighted by atomic mass is 10.0. The number of carbonyl (C=O) groups is 2. The summed E-state index contributed by atoms with van der Waals surface area (Å²) in [6.45, 7) is 2.08. The quantitative estimate of drug-likeness (QED) is 0.296. The molecule has 0 saturated heterocycles. The second-order valence-electron chi connectivity index (χ2n) is 5.66. The average Bonchev–Trinajstić information content (AvgIpc) is 2.56. The van der Waals surface area contributed by atoms with Gasteiger partial charge in [0.1, 0.15) is 6.10 Å². The molecule has 4 nitrogen and oxygen atoms in total. The first-order valence-corrected chi connectivity index (χ1v) is 8.69. The lowest BCUT2D eigenvalue weighted by Crippen LogP contribution is -2.19. The SMILES string of the molecule is CC/C=C\C/C=C\CC(=O)[C@H](O)CCCCCCCC(=O)OC. The third-order valence-electron chi connectivity index (χ3n) is 3.62. The number of allylic oxidation sites excluding steroid dienone is 4. The Labute approximate surface area is 140 Å². The minimum Gasteiger partial charge on any atom is -0.469 e. The number of ketones is 1. The van der Waals surface area contributed by atoms with Gasteiger partial charge in [0, 0.05) is 12.8 Å². The summed E-state index contributed by atoms with van der Waals surface area (Å²) < 4.78 is 4.58. The van der Waals surface area contributed by atoms with Crippen LogP contribution in [0.3, 0.4) is 0 Å². The molecule has 0 aliphatic rings. The van der Waals surface area contributed by atoms with E-state index >= 15 is 0 Å². The average molecular weight is 324 g/mol. The zero-order chi connectivity index (χ0) is 17.3. The lowest BCUT2D eigenvalue weighted by molar-refractivity contribution is -0.140. The number of unbranched alkanes of at least 4 members (excludes halogenated alkanes) is 4. The van der Waals surface area contributed by atoms with E-state index in [1.165, 1.54) is 7.11 Å². The second-order valence-corrected chi connectivity index (χ2v) is 5.66. The number of carbonyl (C=O) groups excluding carboxylic acids is 2. The molecule has 1 N–H and O–H groups in total. The van der Waals surface area contributed by atoms with Gasteiger partial charge in [-0.05, 0) is 25.7 Å². The van der Waals surface area contributed by atoms with Crippen LogP contribution in [-0.4, -0.2) is 30.1 Å². The Hall–Kier alpha value is -1.42. The number of rotatable bonds is 14. The third-order valence-corrected chi connectivity index (χ3v) is 3.62. The van der Waals surface area contributed by atoms with Crippen LogP contribution >= 0.6 is 0 Å². The molecule has 0 bridgehead atoms. The molecule has 0 unspecified atom stereocenters. The molecule has 0 amide bonds. The summed E-state index contributed by atoms with van der Waals surface area (Å²) in [4.78, 5) is 22.7. The Bertz CT molecular complexity index is 372. The van der Waals surface area contributed by atoms with Gasteiger partial charge in [-0.25, -0.2) is 0 Å². The fourth-order valence-electron chi connectivity index (χ4n) is 2.17. The van der Waals surface area contributed by atoms with Crippen molar-refractivity contribution in [3.05, 3.63) is 24.3 Å². The topological polar surface area (TPSA) is 63.6 Å². The molecule has 0 radical (unpaired) electrons. The molecule has 0 aliphatic heterocycles. The van der Waals surface area contributed by atoms with E-state index in [-0.39, 0.29) is 11.8 Å². The predicted octanol–water partition coefficient (Wildman–Crippen LogP) is 4.12. The van der Waals surface area contributed by atoms with Crippen molar-refractivity contribution < 1.29 is 19.4 Å². The first kappa shape index (κ1) is 21.6. The van der Waals surface area contributed by atoms with E-state index in [0.29, 0.717) is 19.3 Å². The Kier molecular flexibility index (Phi) is 14.5. The molecule has 0 saturated carbocycles. The monoisotopic (exact) mass is 324 g/mol. The fourth-order valence-corrected chi connectivity index (χ4v) is 2.17. The molecule has 0 aromatic heterocycles. The van der Waals surface area contributed by atoms with Crippen LogP contribution in [0.25, 0.3) is 0 Å². The molecule has 23 heavy (non-hydrogen) atoms. The minimum absolute atomic E-state index is 0.105. The molecular formula is C19H32O4. The van der Waals surface area contributed by atoms with Crippen LogP contribution in [0.1, 0.15) is 71.1 Å². The standard InChI is InChI=1S/C19H32O4/c1-3-4-5-6-8-11-14-17(20)18(21)15-12-9-7-10-13-16-19(22)23-2/h4-5,8,11,18,21H,3,6-7,9-10,12-16H2,1-2H3/b5-4-,11-8-/t18-/m1/s1. The van der Waals surface area contributed by atoms with Crippen LogP contribution in [0.15, 0.2) is 24.3 Å². The summed E-state index contributed by atoms with van der Waals surface area (Å²) in [7, 11) is 1.40. The van der Waals surface area contributed by atoms with Crippen LogP contribution in [0.2, 0.25) is 0 Å². The summed E-state index contributed by atoms with van der Waals surface area (Å²) >= 11 is 0. The highest BCUT2D eigenvalue weighted by Gasteiger charge is 2.12. The second kappa shape index (κ2) is 15.5. The van der Waals surface area contributed by atoms with Crippen LogP contribution in [-0.2, 0) is 14.3 Å². The van der Waals surface area contributed by atoms with Crippen molar-refractivity contribution in [2.24, 2.45) is 0 Å². The summed E-state index contributed by atoms with van der Waals surface area (Å²) in [6, 6.07) is 0. The molecule has 0 heterocycles. The number of hydrogen-bond acceptors (Lipinski definition) is 4. The van der Waals surface area contributed by atoms with Gasteiger partial charge >= 0.3 is 5.97 Å². The molecule has 0 aliphatic carbocycles. The molecule has 0 aromatic rings. The highest BCUT2D eigenvalue weighted by molar-refractivity contribution is 5.84. The van der Waals surface area contributed by atoms with Crippen molar-refractivity contribution in [3.63, 3.8) is 0 Å². The number of ether oxygens (including phenoxy) is 1. The normalized spacial score (nSPS) is 12.8. The van der Waals surface area contributed by atoms with E-state index in [1.807, 2.05) is 12.2 Å². The molecule has 0 aromatic carbocycles. The van der Waals surface area contributed by atoms with E-state index < -0.39 is 6.10 Å². The van der Waals surface area contributed by atoms with Gasteiger partial charge in [-0.2, -0.15) is 0 Å². The predicted molar refractivity (Wildman–Crippen MR) is 93.2 cm³/mol. The van der Waals surface area contributed by atoms with Gasteiger partial charge in [-0.3, -0.25) is 9.59 Å². The largest absolute Gasteiger partial charge is 0.469 e. The van der Waals surface area contributed by atoms with E-state index in [0.717, 1.165) is 44.9 Å². The zero-order valence-corrected chi connectivity index (χ0v) is 14.6. The maximum Gasteiger partial charge on any atom is 0.305 e. The van der Waals surface area contributed by atoms with Gasteiger partial charge in [0.15, 0.2) is 5.78 Å². The van der Waals surface area contributed by atoms with E-state index in [2.05, 4.69) is 23.8 Å². The first-order chi connectivity index (χ1) is 11.1. The van der Waals surface area contributed by atoms with E-state index in [4.69, 9.17) is 0 Å². The number of aliphatic hydroxyl groups is 1. The number of aliphatic hydroxyl groups excluding tert-OH is 1. The van der Waals surface area contributed by atoms with Crippen LogP contribution in [0, 0.1) is 0 Å². The number of methoxy groups -OCH3 is 1. The number of Topliss-reactive ketones (excluding diaryl/α,β-unsaturated/α-hetero) is 1. The van der Waals surface area contributed by atoms with E-state index in [9.17, 15) is 14.7 Å². The molecule has 0 spiro atoms. The minimum atomic E-state index is -0.846. The molecule has 0 rings (SSSR count). The Balaban J connectivity index is 3.57. The van der Waals surface area contributed by atoms with Gasteiger partial charge in [-0.1, -0.05) is 56.9 Å². The smallest absolute Gasteiger partial charge is 0.305 e. The van der Waals surface area contributed by atoms with E-state index in [1.54, 1.807) is 0 Å². The summed E-state index contributed by atoms with van der Waals surface area (Å²) in [5, 5.41) is 9.81.